The Hall–Kier alpha value is -0.420. The molecule has 0 saturated carbocycles. The van der Waals surface area contributed by atoms with E-state index in [4.69, 9.17) is 0 Å². The molecule has 3 nitrogen and oxygen atoms in total. The molecule has 1 aromatic rings. The molecule has 0 spiro atoms. The van der Waals surface area contributed by atoms with Crippen LogP contribution < -0.4 is 5.32 Å². The van der Waals surface area contributed by atoms with Crippen LogP contribution in [0, 0.1) is 0 Å². The molecule has 0 unspecified atom stereocenters. The third kappa shape index (κ3) is 3.44. The van der Waals surface area contributed by atoms with Crippen LogP contribution in [0.4, 0.5) is 0 Å². The van der Waals surface area contributed by atoms with Crippen molar-refractivity contribution in [1.82, 2.24) is 10.3 Å². The van der Waals surface area contributed by atoms with E-state index in [1.165, 1.54) is 11.3 Å². The summed E-state index contributed by atoms with van der Waals surface area (Å²) in [6.07, 6.45) is 1.76. The first-order valence-corrected chi connectivity index (χ1v) is 5.52. The monoisotopic (exact) mass is 262 g/mol. The van der Waals surface area contributed by atoms with Crippen LogP contribution in [0.25, 0.3) is 0 Å². The van der Waals surface area contributed by atoms with Gasteiger partial charge in [-0.1, -0.05) is 15.9 Å². The van der Waals surface area contributed by atoms with Gasteiger partial charge in [-0.05, 0) is 13.8 Å². The Balaban J connectivity index is 2.40. The number of halogens is 1. The van der Waals surface area contributed by atoms with Crippen molar-refractivity contribution in [3.05, 3.63) is 16.6 Å². The van der Waals surface area contributed by atoms with Gasteiger partial charge < -0.3 is 5.32 Å². The molecule has 0 aliphatic rings. The highest BCUT2D eigenvalue weighted by Gasteiger charge is 2.22. The molecule has 1 N–H and O–H groups in total. The lowest BCUT2D eigenvalue weighted by Gasteiger charge is -2.14. The zero-order valence-electron chi connectivity index (χ0n) is 7.50. The fourth-order valence-electron chi connectivity index (χ4n) is 0.707. The predicted molar refractivity (Wildman–Crippen MR) is 57.0 cm³/mol. The standard InChI is InChI=1S/C8H11BrN2OS/c1-8(2,9)7(12)11-4-6-3-10-5-13-6/h3,5H,4H2,1-2H3,(H,11,12). The molecule has 1 rings (SSSR count). The van der Waals surface area contributed by atoms with Crippen molar-refractivity contribution < 1.29 is 4.79 Å². The zero-order chi connectivity index (χ0) is 9.90. The van der Waals surface area contributed by atoms with Crippen LogP contribution in [-0.2, 0) is 11.3 Å². The highest BCUT2D eigenvalue weighted by molar-refractivity contribution is 9.10. The molecule has 72 valence electrons. The van der Waals surface area contributed by atoms with Crippen molar-refractivity contribution in [2.24, 2.45) is 0 Å². The summed E-state index contributed by atoms with van der Waals surface area (Å²) in [7, 11) is 0. The molecule has 0 aliphatic heterocycles. The van der Waals surface area contributed by atoms with E-state index in [0.29, 0.717) is 6.54 Å². The number of carbonyl (C=O) groups excluding carboxylic acids is 1. The lowest BCUT2D eigenvalue weighted by Crippen LogP contribution is -2.36. The van der Waals surface area contributed by atoms with Gasteiger partial charge in [0.25, 0.3) is 0 Å². The van der Waals surface area contributed by atoms with Crippen molar-refractivity contribution >= 4 is 33.2 Å². The number of thiazole rings is 1. The summed E-state index contributed by atoms with van der Waals surface area (Å²) in [6.45, 7) is 4.18. The van der Waals surface area contributed by atoms with E-state index >= 15 is 0 Å². The molecule has 1 aromatic heterocycles. The molecule has 13 heavy (non-hydrogen) atoms. The van der Waals surface area contributed by atoms with Gasteiger partial charge in [0.2, 0.25) is 5.91 Å². The molecule has 0 aliphatic carbocycles. The van der Waals surface area contributed by atoms with Gasteiger partial charge in [-0.3, -0.25) is 9.78 Å². The Morgan fingerprint density at radius 1 is 1.77 bits per heavy atom. The maximum Gasteiger partial charge on any atom is 0.236 e. The predicted octanol–water partition coefficient (Wildman–Crippen LogP) is 1.93. The molecule has 0 radical (unpaired) electrons. The smallest absolute Gasteiger partial charge is 0.236 e. The van der Waals surface area contributed by atoms with E-state index in [0.717, 1.165) is 4.88 Å². The number of alkyl halides is 1. The van der Waals surface area contributed by atoms with E-state index in [1.54, 1.807) is 11.7 Å². The molecule has 1 amide bonds. The van der Waals surface area contributed by atoms with Crippen LogP contribution in [0.3, 0.4) is 0 Å². The summed E-state index contributed by atoms with van der Waals surface area (Å²) in [4.78, 5) is 16.4. The first-order chi connectivity index (χ1) is 6.00. The molecule has 1 heterocycles. The Morgan fingerprint density at radius 3 is 2.92 bits per heavy atom. The van der Waals surface area contributed by atoms with Crippen LogP contribution >= 0.6 is 27.3 Å². The van der Waals surface area contributed by atoms with Crippen LogP contribution in [0.15, 0.2) is 11.7 Å². The Labute approximate surface area is 89.7 Å². The molecule has 0 bridgehead atoms. The van der Waals surface area contributed by atoms with Gasteiger partial charge in [-0.15, -0.1) is 11.3 Å². The minimum Gasteiger partial charge on any atom is -0.350 e. The first-order valence-electron chi connectivity index (χ1n) is 3.85. The van der Waals surface area contributed by atoms with Crippen LogP contribution in [0.1, 0.15) is 18.7 Å². The molecular weight excluding hydrogens is 252 g/mol. The van der Waals surface area contributed by atoms with Crippen molar-refractivity contribution in [3.63, 3.8) is 0 Å². The minimum atomic E-state index is -0.502. The van der Waals surface area contributed by atoms with Gasteiger partial charge in [-0.25, -0.2) is 0 Å². The van der Waals surface area contributed by atoms with E-state index in [9.17, 15) is 4.79 Å². The second kappa shape index (κ2) is 4.19. The lowest BCUT2D eigenvalue weighted by molar-refractivity contribution is -0.122. The Kier molecular flexibility index (Phi) is 3.44. The van der Waals surface area contributed by atoms with E-state index in [1.807, 2.05) is 13.8 Å². The van der Waals surface area contributed by atoms with E-state index in [2.05, 4.69) is 26.2 Å². The highest BCUT2D eigenvalue weighted by Crippen LogP contribution is 2.15. The minimum absolute atomic E-state index is 0.0131. The fourth-order valence-corrected chi connectivity index (χ4v) is 1.38. The van der Waals surface area contributed by atoms with E-state index < -0.39 is 4.32 Å². The topological polar surface area (TPSA) is 42.0 Å². The zero-order valence-corrected chi connectivity index (χ0v) is 9.91. The average molecular weight is 263 g/mol. The van der Waals surface area contributed by atoms with Crippen molar-refractivity contribution in [2.45, 2.75) is 24.7 Å². The lowest BCUT2D eigenvalue weighted by atomic mass is 10.2. The molecular formula is C8H11BrN2OS. The summed E-state index contributed by atoms with van der Waals surface area (Å²) in [5, 5.41) is 2.81. The highest BCUT2D eigenvalue weighted by atomic mass is 79.9. The van der Waals surface area contributed by atoms with Crippen LogP contribution in [0.5, 0.6) is 0 Å². The molecule has 0 aromatic carbocycles. The maximum absolute atomic E-state index is 11.4. The summed E-state index contributed by atoms with van der Waals surface area (Å²) in [6, 6.07) is 0. The second-order valence-electron chi connectivity index (χ2n) is 3.12. The number of hydrogen-bond acceptors (Lipinski definition) is 3. The number of carbonyl (C=O) groups is 1. The fraction of sp³-hybridized carbons (Fsp3) is 0.500. The van der Waals surface area contributed by atoms with Gasteiger partial charge in [0.15, 0.2) is 0 Å². The number of nitrogens with one attached hydrogen (secondary N) is 1. The summed E-state index contributed by atoms with van der Waals surface area (Å²) < 4.78 is -0.502. The first kappa shape index (κ1) is 10.7. The quantitative estimate of drug-likeness (QED) is 0.847. The number of rotatable bonds is 3. The van der Waals surface area contributed by atoms with Gasteiger partial charge in [0.1, 0.15) is 0 Å². The summed E-state index contributed by atoms with van der Waals surface area (Å²) in [5.74, 6) is -0.0131. The van der Waals surface area contributed by atoms with Gasteiger partial charge in [-0.2, -0.15) is 0 Å². The number of aromatic nitrogens is 1. The summed E-state index contributed by atoms with van der Waals surface area (Å²) >= 11 is 4.82. The number of hydrogen-bond donors (Lipinski definition) is 1. The Bertz CT molecular complexity index is 279. The third-order valence-corrected chi connectivity index (χ3v) is 2.59. The van der Waals surface area contributed by atoms with Gasteiger partial charge in [0.05, 0.1) is 16.4 Å². The average Bonchev–Trinajstić information content (AvgIpc) is 2.50. The van der Waals surface area contributed by atoms with Gasteiger partial charge in [0, 0.05) is 11.1 Å². The van der Waals surface area contributed by atoms with E-state index in [-0.39, 0.29) is 5.91 Å². The number of nitrogens with zero attached hydrogens (tertiary/aromatic N) is 1. The van der Waals surface area contributed by atoms with Crippen molar-refractivity contribution in [1.29, 1.82) is 0 Å². The van der Waals surface area contributed by atoms with Gasteiger partial charge >= 0.3 is 0 Å². The molecule has 0 fully saturated rings. The van der Waals surface area contributed by atoms with Crippen molar-refractivity contribution in [2.75, 3.05) is 0 Å². The summed E-state index contributed by atoms with van der Waals surface area (Å²) in [5.41, 5.74) is 1.75. The molecule has 5 heteroatoms. The maximum atomic E-state index is 11.4. The normalized spacial score (nSPS) is 11.3. The second-order valence-corrected chi connectivity index (χ2v) is 6.08. The third-order valence-electron chi connectivity index (χ3n) is 1.45. The molecule has 0 saturated heterocycles. The molecule has 0 atom stereocenters. The van der Waals surface area contributed by atoms with Crippen molar-refractivity contribution in [3.8, 4) is 0 Å². The SMILES string of the molecule is CC(C)(Br)C(=O)NCc1cncs1. The Morgan fingerprint density at radius 2 is 2.46 bits per heavy atom. The largest absolute Gasteiger partial charge is 0.350 e. The van der Waals surface area contributed by atoms with Crippen LogP contribution in [0.2, 0.25) is 0 Å². The number of amides is 1. The van der Waals surface area contributed by atoms with Crippen LogP contribution in [-0.4, -0.2) is 15.2 Å².